The average Bonchev–Trinajstić information content (AvgIpc) is 3.05. The number of H-pyrrole nitrogens is 1. The molecule has 0 aliphatic carbocycles. The van der Waals surface area contributed by atoms with Crippen molar-refractivity contribution in [1.29, 1.82) is 0 Å². The number of carbonyl (C=O) groups excluding carboxylic acids is 1. The van der Waals surface area contributed by atoms with Gasteiger partial charge in [0.15, 0.2) is 18.1 Å². The summed E-state index contributed by atoms with van der Waals surface area (Å²) in [5, 5.41) is 0.583. The summed E-state index contributed by atoms with van der Waals surface area (Å²) in [6.07, 6.45) is 0. The molecule has 24 heavy (non-hydrogen) atoms. The zero-order valence-electron chi connectivity index (χ0n) is 13.1. The Bertz CT molecular complexity index is 891. The first-order chi connectivity index (χ1) is 11.6. The largest absolute Gasteiger partial charge is 0.493 e. The van der Waals surface area contributed by atoms with Gasteiger partial charge in [0.1, 0.15) is 11.3 Å². The Labute approximate surface area is 143 Å². The first-order valence-corrected chi connectivity index (χ1v) is 7.52. The summed E-state index contributed by atoms with van der Waals surface area (Å²) in [4.78, 5) is 18.9. The highest BCUT2D eigenvalue weighted by Gasteiger charge is 2.12. The fourth-order valence-corrected chi connectivity index (χ4v) is 2.48. The number of para-hydroxylation sites is 1. The zero-order valence-corrected chi connectivity index (χ0v) is 13.9. The maximum absolute atomic E-state index is 11.2. The SMILES string of the molecule is COC(=O)COc1ccc(-c2nc3c(Cl)cccc3[nH]2)cc1OC. The van der Waals surface area contributed by atoms with E-state index in [0.717, 1.165) is 11.1 Å². The highest BCUT2D eigenvalue weighted by molar-refractivity contribution is 6.35. The van der Waals surface area contributed by atoms with Crippen LogP contribution in [0.15, 0.2) is 36.4 Å². The Hall–Kier alpha value is -2.73. The smallest absolute Gasteiger partial charge is 0.343 e. The first-order valence-electron chi connectivity index (χ1n) is 7.14. The molecule has 0 aliphatic rings. The zero-order chi connectivity index (χ0) is 17.1. The van der Waals surface area contributed by atoms with E-state index in [1.54, 1.807) is 18.2 Å². The van der Waals surface area contributed by atoms with Gasteiger partial charge >= 0.3 is 5.97 Å². The van der Waals surface area contributed by atoms with Crippen LogP contribution >= 0.6 is 11.6 Å². The molecule has 2 aromatic carbocycles. The number of imidazole rings is 1. The van der Waals surface area contributed by atoms with Crippen molar-refractivity contribution in [3.8, 4) is 22.9 Å². The van der Waals surface area contributed by atoms with Crippen LogP contribution < -0.4 is 9.47 Å². The van der Waals surface area contributed by atoms with E-state index in [2.05, 4.69) is 14.7 Å². The van der Waals surface area contributed by atoms with E-state index in [0.29, 0.717) is 27.9 Å². The van der Waals surface area contributed by atoms with Gasteiger partial charge in [-0.25, -0.2) is 9.78 Å². The van der Waals surface area contributed by atoms with E-state index in [1.165, 1.54) is 14.2 Å². The van der Waals surface area contributed by atoms with Crippen LogP contribution in [0, 0.1) is 0 Å². The Morgan fingerprint density at radius 3 is 2.75 bits per heavy atom. The normalized spacial score (nSPS) is 10.6. The van der Waals surface area contributed by atoms with Crippen molar-refractivity contribution in [2.24, 2.45) is 0 Å². The van der Waals surface area contributed by atoms with Gasteiger partial charge in [-0.05, 0) is 30.3 Å². The lowest BCUT2D eigenvalue weighted by Crippen LogP contribution is -2.12. The van der Waals surface area contributed by atoms with Crippen molar-refractivity contribution < 1.29 is 19.0 Å². The first kappa shape index (κ1) is 16.1. The molecule has 124 valence electrons. The van der Waals surface area contributed by atoms with Crippen LogP contribution in [0.25, 0.3) is 22.4 Å². The molecule has 0 unspecified atom stereocenters. The van der Waals surface area contributed by atoms with Crippen LogP contribution in [0.4, 0.5) is 0 Å². The van der Waals surface area contributed by atoms with Crippen LogP contribution in [-0.4, -0.2) is 36.8 Å². The molecular formula is C17H15ClN2O4. The lowest BCUT2D eigenvalue weighted by Gasteiger charge is -2.10. The molecule has 6 nitrogen and oxygen atoms in total. The summed E-state index contributed by atoms with van der Waals surface area (Å²) < 4.78 is 15.3. The predicted molar refractivity (Wildman–Crippen MR) is 90.6 cm³/mol. The lowest BCUT2D eigenvalue weighted by molar-refractivity contribution is -0.142. The summed E-state index contributed by atoms with van der Waals surface area (Å²) >= 11 is 6.16. The number of hydrogen-bond donors (Lipinski definition) is 1. The molecule has 1 heterocycles. The number of methoxy groups -OCH3 is 2. The third kappa shape index (κ3) is 3.14. The summed E-state index contributed by atoms with van der Waals surface area (Å²) in [5.74, 6) is 1.13. The lowest BCUT2D eigenvalue weighted by atomic mass is 10.2. The topological polar surface area (TPSA) is 73.4 Å². The van der Waals surface area contributed by atoms with Crippen LogP contribution in [-0.2, 0) is 9.53 Å². The third-order valence-electron chi connectivity index (χ3n) is 3.47. The molecule has 1 aromatic heterocycles. The minimum atomic E-state index is -0.465. The fourth-order valence-electron chi connectivity index (χ4n) is 2.26. The van der Waals surface area contributed by atoms with Crippen molar-refractivity contribution in [3.63, 3.8) is 0 Å². The molecule has 0 fully saturated rings. The van der Waals surface area contributed by atoms with E-state index in [9.17, 15) is 4.79 Å². The quantitative estimate of drug-likeness (QED) is 0.716. The van der Waals surface area contributed by atoms with Crippen molar-refractivity contribution >= 4 is 28.6 Å². The number of nitrogens with one attached hydrogen (secondary N) is 1. The number of benzene rings is 2. The van der Waals surface area contributed by atoms with Crippen molar-refractivity contribution in [2.75, 3.05) is 20.8 Å². The number of aromatic amines is 1. The van der Waals surface area contributed by atoms with Gasteiger partial charge in [0, 0.05) is 5.56 Å². The number of esters is 1. The fraction of sp³-hybridized carbons (Fsp3) is 0.176. The number of rotatable bonds is 5. The highest BCUT2D eigenvalue weighted by Crippen LogP contribution is 2.33. The van der Waals surface area contributed by atoms with Crippen LogP contribution in [0.5, 0.6) is 11.5 Å². The standard InChI is InChI=1S/C17H15ClN2O4/c1-22-14-8-10(6-7-13(14)24-9-15(21)23-2)17-19-12-5-3-4-11(18)16(12)20-17/h3-8H,9H2,1-2H3,(H,19,20). The van der Waals surface area contributed by atoms with E-state index < -0.39 is 5.97 Å². The number of carbonyl (C=O) groups is 1. The molecule has 0 atom stereocenters. The van der Waals surface area contributed by atoms with Gasteiger partial charge in [-0.2, -0.15) is 0 Å². The maximum Gasteiger partial charge on any atom is 0.343 e. The number of ether oxygens (including phenoxy) is 3. The maximum atomic E-state index is 11.2. The van der Waals surface area contributed by atoms with Crippen LogP contribution in [0.3, 0.4) is 0 Å². The Balaban J connectivity index is 1.93. The monoisotopic (exact) mass is 346 g/mol. The molecule has 3 aromatic rings. The van der Waals surface area contributed by atoms with Crippen LogP contribution in [0.2, 0.25) is 5.02 Å². The second-order valence-electron chi connectivity index (χ2n) is 4.95. The molecule has 0 saturated carbocycles. The average molecular weight is 347 g/mol. The van der Waals surface area contributed by atoms with Crippen molar-refractivity contribution in [1.82, 2.24) is 9.97 Å². The van der Waals surface area contributed by atoms with Crippen molar-refractivity contribution in [3.05, 3.63) is 41.4 Å². The van der Waals surface area contributed by atoms with Gasteiger partial charge in [0.25, 0.3) is 0 Å². The van der Waals surface area contributed by atoms with Gasteiger partial charge in [-0.3, -0.25) is 0 Å². The molecule has 0 spiro atoms. The summed E-state index contributed by atoms with van der Waals surface area (Å²) in [6.45, 7) is -0.188. The van der Waals surface area contributed by atoms with E-state index >= 15 is 0 Å². The molecule has 1 N–H and O–H groups in total. The molecule has 3 rings (SSSR count). The summed E-state index contributed by atoms with van der Waals surface area (Å²) in [5.41, 5.74) is 2.37. The summed E-state index contributed by atoms with van der Waals surface area (Å²) in [6, 6.07) is 10.9. The van der Waals surface area contributed by atoms with Crippen LogP contribution in [0.1, 0.15) is 0 Å². The number of fused-ring (bicyclic) bond motifs is 1. The highest BCUT2D eigenvalue weighted by atomic mass is 35.5. The predicted octanol–water partition coefficient (Wildman–Crippen LogP) is 3.44. The Morgan fingerprint density at radius 1 is 1.21 bits per heavy atom. The minimum Gasteiger partial charge on any atom is -0.493 e. The Morgan fingerprint density at radius 2 is 2.04 bits per heavy atom. The van der Waals surface area contributed by atoms with Gasteiger partial charge < -0.3 is 19.2 Å². The van der Waals surface area contributed by atoms with Gasteiger partial charge in [0.05, 0.1) is 24.8 Å². The van der Waals surface area contributed by atoms with Gasteiger partial charge in [-0.15, -0.1) is 0 Å². The van der Waals surface area contributed by atoms with E-state index in [-0.39, 0.29) is 6.61 Å². The van der Waals surface area contributed by atoms with E-state index in [1.807, 2.05) is 18.2 Å². The molecular weight excluding hydrogens is 332 g/mol. The Kier molecular flexibility index (Phi) is 4.57. The molecule has 0 bridgehead atoms. The minimum absolute atomic E-state index is 0.188. The second-order valence-corrected chi connectivity index (χ2v) is 5.36. The molecule has 0 saturated heterocycles. The molecule has 0 amide bonds. The molecule has 0 aliphatic heterocycles. The second kappa shape index (κ2) is 6.80. The van der Waals surface area contributed by atoms with Crippen molar-refractivity contribution in [2.45, 2.75) is 0 Å². The van der Waals surface area contributed by atoms with E-state index in [4.69, 9.17) is 21.1 Å². The number of hydrogen-bond acceptors (Lipinski definition) is 5. The molecule has 0 radical (unpaired) electrons. The number of halogens is 1. The number of nitrogens with zero attached hydrogens (tertiary/aromatic N) is 1. The van der Waals surface area contributed by atoms with Gasteiger partial charge in [-0.1, -0.05) is 17.7 Å². The molecule has 7 heteroatoms. The summed E-state index contributed by atoms with van der Waals surface area (Å²) in [7, 11) is 2.83. The number of aromatic nitrogens is 2. The van der Waals surface area contributed by atoms with Gasteiger partial charge in [0.2, 0.25) is 0 Å². The third-order valence-corrected chi connectivity index (χ3v) is 3.78.